The fourth-order valence-electron chi connectivity index (χ4n) is 3.60. The van der Waals surface area contributed by atoms with Crippen molar-refractivity contribution >= 4 is 5.91 Å². The zero-order valence-corrected chi connectivity index (χ0v) is 18.5. The minimum atomic E-state index is -0.453. The maximum atomic E-state index is 13.7. The Morgan fingerprint density at radius 3 is 2.26 bits per heavy atom. The molecule has 0 saturated heterocycles. The summed E-state index contributed by atoms with van der Waals surface area (Å²) in [6.45, 7) is 1.12. The molecular formula is C28H24F2N2O2. The SMILES string of the molecule is O=C(c1cccc(F)c1)N(Cc1ccncc1)Cc1cccc(OCCc2ccc(F)cc2)c1. The van der Waals surface area contributed by atoms with Crippen LogP contribution in [0.25, 0.3) is 0 Å². The van der Waals surface area contributed by atoms with Gasteiger partial charge in [-0.1, -0.05) is 30.3 Å². The van der Waals surface area contributed by atoms with Crippen LogP contribution >= 0.6 is 0 Å². The Bertz CT molecular complexity index is 1230. The van der Waals surface area contributed by atoms with E-state index in [-0.39, 0.29) is 11.7 Å². The average Bonchev–Trinajstić information content (AvgIpc) is 2.85. The first-order valence-corrected chi connectivity index (χ1v) is 11.0. The Balaban J connectivity index is 1.46. The highest BCUT2D eigenvalue weighted by molar-refractivity contribution is 5.94. The minimum absolute atomic E-state index is 0.263. The molecule has 4 rings (SSSR count). The first kappa shape index (κ1) is 23.1. The van der Waals surface area contributed by atoms with E-state index < -0.39 is 5.82 Å². The monoisotopic (exact) mass is 458 g/mol. The van der Waals surface area contributed by atoms with Crippen molar-refractivity contribution in [1.29, 1.82) is 0 Å². The van der Waals surface area contributed by atoms with Crippen LogP contribution < -0.4 is 4.74 Å². The van der Waals surface area contributed by atoms with Gasteiger partial charge in [0.1, 0.15) is 17.4 Å². The second-order valence-corrected chi connectivity index (χ2v) is 7.90. The molecule has 1 heterocycles. The van der Waals surface area contributed by atoms with E-state index in [1.165, 1.54) is 30.3 Å². The van der Waals surface area contributed by atoms with Crippen molar-refractivity contribution in [2.45, 2.75) is 19.5 Å². The number of halogens is 2. The summed E-state index contributed by atoms with van der Waals surface area (Å²) in [5.74, 6) is -0.298. The molecule has 4 aromatic rings. The van der Waals surface area contributed by atoms with Gasteiger partial charge in [0.2, 0.25) is 0 Å². The number of benzene rings is 3. The van der Waals surface area contributed by atoms with Crippen molar-refractivity contribution in [2.24, 2.45) is 0 Å². The van der Waals surface area contributed by atoms with Gasteiger partial charge in [-0.05, 0) is 71.3 Å². The van der Waals surface area contributed by atoms with E-state index >= 15 is 0 Å². The van der Waals surface area contributed by atoms with E-state index in [9.17, 15) is 13.6 Å². The second kappa shape index (κ2) is 11.2. The van der Waals surface area contributed by atoms with Gasteiger partial charge in [0.25, 0.3) is 5.91 Å². The summed E-state index contributed by atoms with van der Waals surface area (Å²) in [6, 6.07) is 23.3. The van der Waals surface area contributed by atoms with Crippen molar-refractivity contribution in [3.8, 4) is 5.75 Å². The van der Waals surface area contributed by atoms with E-state index in [1.54, 1.807) is 35.5 Å². The fourth-order valence-corrected chi connectivity index (χ4v) is 3.60. The third-order valence-corrected chi connectivity index (χ3v) is 5.33. The van der Waals surface area contributed by atoms with Crippen LogP contribution in [-0.2, 0) is 19.5 Å². The van der Waals surface area contributed by atoms with Gasteiger partial charge in [0.05, 0.1) is 6.61 Å². The number of amides is 1. The summed E-state index contributed by atoms with van der Waals surface area (Å²) in [5, 5.41) is 0. The van der Waals surface area contributed by atoms with Gasteiger partial charge in [-0.3, -0.25) is 9.78 Å². The number of carbonyl (C=O) groups is 1. The Hall–Kier alpha value is -4.06. The van der Waals surface area contributed by atoms with Crippen molar-refractivity contribution < 1.29 is 18.3 Å². The molecule has 0 aliphatic rings. The number of rotatable bonds is 9. The highest BCUT2D eigenvalue weighted by Crippen LogP contribution is 2.19. The number of hydrogen-bond acceptors (Lipinski definition) is 3. The van der Waals surface area contributed by atoms with Gasteiger partial charge in [-0.25, -0.2) is 8.78 Å². The smallest absolute Gasteiger partial charge is 0.254 e. The van der Waals surface area contributed by atoms with Crippen molar-refractivity contribution in [2.75, 3.05) is 6.61 Å². The number of aromatic nitrogens is 1. The molecule has 4 nitrogen and oxygen atoms in total. The lowest BCUT2D eigenvalue weighted by Gasteiger charge is -2.23. The molecule has 6 heteroatoms. The maximum absolute atomic E-state index is 13.7. The molecule has 0 N–H and O–H groups in total. The molecule has 0 aliphatic heterocycles. The topological polar surface area (TPSA) is 42.4 Å². The zero-order valence-electron chi connectivity index (χ0n) is 18.5. The number of pyridine rings is 1. The maximum Gasteiger partial charge on any atom is 0.254 e. The highest BCUT2D eigenvalue weighted by atomic mass is 19.1. The lowest BCUT2D eigenvalue weighted by Crippen LogP contribution is -2.30. The average molecular weight is 459 g/mol. The van der Waals surface area contributed by atoms with Gasteiger partial charge in [0.15, 0.2) is 0 Å². The van der Waals surface area contributed by atoms with Crippen LogP contribution in [0.4, 0.5) is 8.78 Å². The van der Waals surface area contributed by atoms with Crippen LogP contribution in [0.1, 0.15) is 27.0 Å². The standard InChI is InChI=1S/C28H24F2N2O2/c29-25-9-7-21(8-10-25)13-16-34-27-6-1-3-23(17-27)20-32(19-22-11-14-31-15-12-22)28(33)24-4-2-5-26(30)18-24/h1-12,14-15,17-18H,13,16,19-20H2. The van der Waals surface area contributed by atoms with Crippen molar-refractivity contribution in [1.82, 2.24) is 9.88 Å². The van der Waals surface area contributed by atoms with Crippen molar-refractivity contribution in [3.05, 3.63) is 131 Å². The Kier molecular flexibility index (Phi) is 7.60. The minimum Gasteiger partial charge on any atom is -0.493 e. The molecule has 0 radical (unpaired) electrons. The molecule has 0 spiro atoms. The summed E-state index contributed by atoms with van der Waals surface area (Å²) in [6.07, 6.45) is 4.00. The quantitative estimate of drug-likeness (QED) is 0.317. The Morgan fingerprint density at radius 2 is 1.50 bits per heavy atom. The second-order valence-electron chi connectivity index (χ2n) is 7.90. The summed E-state index contributed by atoms with van der Waals surface area (Å²) >= 11 is 0. The summed E-state index contributed by atoms with van der Waals surface area (Å²) in [5.41, 5.74) is 3.09. The molecule has 1 amide bonds. The number of nitrogens with zero attached hydrogens (tertiary/aromatic N) is 2. The molecule has 0 fully saturated rings. The van der Waals surface area contributed by atoms with Crippen LogP contribution in [0.5, 0.6) is 5.75 Å². The first-order valence-electron chi connectivity index (χ1n) is 11.0. The largest absolute Gasteiger partial charge is 0.493 e. The zero-order chi connectivity index (χ0) is 23.8. The van der Waals surface area contributed by atoms with Gasteiger partial charge in [0, 0.05) is 37.5 Å². The lowest BCUT2D eigenvalue weighted by atomic mass is 10.1. The highest BCUT2D eigenvalue weighted by Gasteiger charge is 2.18. The molecule has 0 saturated carbocycles. The van der Waals surface area contributed by atoms with E-state index in [2.05, 4.69) is 4.98 Å². The molecule has 3 aromatic carbocycles. The van der Waals surface area contributed by atoms with Crippen LogP contribution in [0.3, 0.4) is 0 Å². The van der Waals surface area contributed by atoms with E-state index in [0.717, 1.165) is 16.7 Å². The van der Waals surface area contributed by atoms with Gasteiger partial charge in [-0.2, -0.15) is 0 Å². The third-order valence-electron chi connectivity index (χ3n) is 5.33. The van der Waals surface area contributed by atoms with Crippen LogP contribution in [0, 0.1) is 11.6 Å². The molecule has 0 unspecified atom stereocenters. The molecule has 0 aliphatic carbocycles. The predicted molar refractivity (Wildman–Crippen MR) is 126 cm³/mol. The molecule has 0 bridgehead atoms. The Morgan fingerprint density at radius 1 is 0.765 bits per heavy atom. The first-order chi connectivity index (χ1) is 16.6. The summed E-state index contributed by atoms with van der Waals surface area (Å²) in [4.78, 5) is 18.9. The van der Waals surface area contributed by atoms with Gasteiger partial charge >= 0.3 is 0 Å². The van der Waals surface area contributed by atoms with E-state index in [4.69, 9.17) is 4.74 Å². The normalized spacial score (nSPS) is 10.6. The predicted octanol–water partition coefficient (Wildman–Crippen LogP) is 5.82. The number of ether oxygens (including phenoxy) is 1. The van der Waals surface area contributed by atoms with Crippen molar-refractivity contribution in [3.63, 3.8) is 0 Å². The summed E-state index contributed by atoms with van der Waals surface area (Å²) in [7, 11) is 0. The van der Waals surface area contributed by atoms with E-state index in [0.29, 0.717) is 37.4 Å². The third kappa shape index (κ3) is 6.48. The van der Waals surface area contributed by atoms with Gasteiger partial charge in [-0.15, -0.1) is 0 Å². The lowest BCUT2D eigenvalue weighted by molar-refractivity contribution is 0.0729. The molecular weight excluding hydrogens is 434 g/mol. The molecule has 34 heavy (non-hydrogen) atoms. The summed E-state index contributed by atoms with van der Waals surface area (Å²) < 4.78 is 32.7. The fraction of sp³-hybridized carbons (Fsp3) is 0.143. The van der Waals surface area contributed by atoms with E-state index in [1.807, 2.05) is 36.4 Å². The molecule has 1 aromatic heterocycles. The van der Waals surface area contributed by atoms with Crippen LogP contribution in [0.2, 0.25) is 0 Å². The molecule has 0 atom stereocenters. The van der Waals surface area contributed by atoms with Crippen LogP contribution in [-0.4, -0.2) is 22.4 Å². The van der Waals surface area contributed by atoms with Crippen LogP contribution in [0.15, 0.2) is 97.3 Å². The van der Waals surface area contributed by atoms with Gasteiger partial charge < -0.3 is 9.64 Å². The molecule has 172 valence electrons. The number of hydrogen-bond donors (Lipinski definition) is 0. The Labute approximate surface area is 197 Å². The number of carbonyl (C=O) groups excluding carboxylic acids is 1.